The summed E-state index contributed by atoms with van der Waals surface area (Å²) in [6.45, 7) is 7.16. The van der Waals surface area contributed by atoms with E-state index in [1.807, 2.05) is 13.0 Å². The Balaban J connectivity index is 1.69. The third kappa shape index (κ3) is 5.32. The summed E-state index contributed by atoms with van der Waals surface area (Å²) in [7, 11) is -4.08. The number of hydrogen-bond donors (Lipinski definition) is 1. The van der Waals surface area contributed by atoms with Gasteiger partial charge in [-0.05, 0) is 68.7 Å². The van der Waals surface area contributed by atoms with Gasteiger partial charge in [0.25, 0.3) is 0 Å². The number of rotatable bonds is 6. The van der Waals surface area contributed by atoms with Gasteiger partial charge in [0.2, 0.25) is 0 Å². The lowest BCUT2D eigenvalue weighted by Gasteiger charge is -2.15. The van der Waals surface area contributed by atoms with E-state index in [0.717, 1.165) is 23.4 Å². The molecule has 0 amide bonds. The van der Waals surface area contributed by atoms with E-state index in [1.54, 1.807) is 45.3 Å². The van der Waals surface area contributed by atoms with Crippen molar-refractivity contribution in [3.8, 4) is 11.1 Å². The number of halogens is 2. The lowest BCUT2D eigenvalue weighted by molar-refractivity contribution is 0.548. The van der Waals surface area contributed by atoms with E-state index in [0.29, 0.717) is 45.9 Å². The first-order chi connectivity index (χ1) is 16.5. The summed E-state index contributed by atoms with van der Waals surface area (Å²) in [5, 5.41) is 3.16. The quantitative estimate of drug-likeness (QED) is 0.369. The molecule has 0 saturated heterocycles. The van der Waals surface area contributed by atoms with Crippen molar-refractivity contribution >= 4 is 21.5 Å². The zero-order chi connectivity index (χ0) is 25.3. The summed E-state index contributed by atoms with van der Waals surface area (Å²) in [6, 6.07) is 7.84. The SMILES string of the molecule is Cc1cc(Nc2cc(-c3cnc(C)c(CS(=O)(=O)c4ccc(F)cc4F)c3C)ccn2)nc(C)n1. The van der Waals surface area contributed by atoms with E-state index in [4.69, 9.17) is 0 Å². The third-order valence-corrected chi connectivity index (χ3v) is 7.21. The zero-order valence-electron chi connectivity index (χ0n) is 19.6. The summed E-state index contributed by atoms with van der Waals surface area (Å²) < 4.78 is 53.4. The third-order valence-electron chi connectivity index (χ3n) is 5.54. The van der Waals surface area contributed by atoms with Crippen LogP contribution in [0.3, 0.4) is 0 Å². The minimum atomic E-state index is -4.08. The predicted molar refractivity (Wildman–Crippen MR) is 129 cm³/mol. The predicted octanol–water partition coefficient (Wildman–Crippen LogP) is 5.16. The van der Waals surface area contributed by atoms with Crippen LogP contribution < -0.4 is 5.32 Å². The Kier molecular flexibility index (Phi) is 6.58. The highest BCUT2D eigenvalue weighted by Gasteiger charge is 2.23. The molecule has 0 spiro atoms. The molecular weight excluding hydrogens is 472 g/mol. The second kappa shape index (κ2) is 9.46. The molecule has 35 heavy (non-hydrogen) atoms. The molecule has 4 rings (SSSR count). The van der Waals surface area contributed by atoms with E-state index in [9.17, 15) is 17.2 Å². The monoisotopic (exact) mass is 495 g/mol. The molecule has 0 aliphatic heterocycles. The molecule has 4 aromatic rings. The summed E-state index contributed by atoms with van der Waals surface area (Å²) in [6.07, 6.45) is 3.29. The van der Waals surface area contributed by atoms with Crippen molar-refractivity contribution in [1.29, 1.82) is 0 Å². The van der Waals surface area contributed by atoms with Crippen LogP contribution in [-0.4, -0.2) is 28.4 Å². The molecule has 0 fully saturated rings. The highest BCUT2D eigenvalue weighted by molar-refractivity contribution is 7.90. The molecule has 0 aliphatic rings. The molecule has 1 aromatic carbocycles. The molecule has 0 aliphatic carbocycles. The van der Waals surface area contributed by atoms with Gasteiger partial charge in [-0.15, -0.1) is 0 Å². The number of pyridine rings is 2. The molecule has 0 unspecified atom stereocenters. The van der Waals surface area contributed by atoms with Crippen molar-refractivity contribution in [2.45, 2.75) is 38.3 Å². The van der Waals surface area contributed by atoms with Gasteiger partial charge in [0, 0.05) is 41.5 Å². The molecule has 0 atom stereocenters. The maximum absolute atomic E-state index is 14.2. The lowest BCUT2D eigenvalue weighted by Crippen LogP contribution is -2.11. The number of anilines is 2. The topological polar surface area (TPSA) is 97.7 Å². The van der Waals surface area contributed by atoms with Gasteiger partial charge in [-0.1, -0.05) is 0 Å². The fraction of sp³-hybridized carbons (Fsp3) is 0.200. The van der Waals surface area contributed by atoms with Gasteiger partial charge >= 0.3 is 0 Å². The number of aryl methyl sites for hydroxylation is 3. The minimum Gasteiger partial charge on any atom is -0.325 e. The Morgan fingerprint density at radius 2 is 1.69 bits per heavy atom. The maximum Gasteiger partial charge on any atom is 0.185 e. The van der Waals surface area contributed by atoms with E-state index in [1.165, 1.54) is 0 Å². The molecule has 10 heteroatoms. The van der Waals surface area contributed by atoms with E-state index >= 15 is 0 Å². The Bertz CT molecular complexity index is 1520. The number of aromatic nitrogens is 4. The number of sulfone groups is 1. The number of hydrogen-bond acceptors (Lipinski definition) is 7. The van der Waals surface area contributed by atoms with Gasteiger partial charge in [0.1, 0.15) is 34.0 Å². The van der Waals surface area contributed by atoms with Gasteiger partial charge in [0.15, 0.2) is 9.84 Å². The molecule has 7 nitrogen and oxygen atoms in total. The fourth-order valence-electron chi connectivity index (χ4n) is 3.85. The Hall–Kier alpha value is -3.79. The van der Waals surface area contributed by atoms with Gasteiger partial charge in [-0.2, -0.15) is 0 Å². The Labute approximate surface area is 202 Å². The first kappa shape index (κ1) is 24.3. The smallest absolute Gasteiger partial charge is 0.185 e. The largest absolute Gasteiger partial charge is 0.325 e. The maximum atomic E-state index is 14.2. The average Bonchev–Trinajstić information content (AvgIpc) is 2.76. The molecule has 180 valence electrons. The fourth-order valence-corrected chi connectivity index (χ4v) is 5.44. The second-order valence-corrected chi connectivity index (χ2v) is 10.1. The van der Waals surface area contributed by atoms with Crippen molar-refractivity contribution in [2.75, 3.05) is 5.32 Å². The summed E-state index contributed by atoms with van der Waals surface area (Å²) in [5.74, 6) is -0.653. The molecule has 0 saturated carbocycles. The van der Waals surface area contributed by atoms with Crippen molar-refractivity contribution in [2.24, 2.45) is 0 Å². The molecule has 0 bridgehead atoms. The van der Waals surface area contributed by atoms with Gasteiger partial charge in [-0.25, -0.2) is 32.2 Å². The highest BCUT2D eigenvalue weighted by atomic mass is 32.2. The Morgan fingerprint density at radius 1 is 0.914 bits per heavy atom. The van der Waals surface area contributed by atoms with Gasteiger partial charge in [0.05, 0.1) is 5.75 Å². The van der Waals surface area contributed by atoms with Crippen LogP contribution in [-0.2, 0) is 15.6 Å². The minimum absolute atomic E-state index is 0.458. The van der Waals surface area contributed by atoms with Crippen LogP contribution in [0.25, 0.3) is 11.1 Å². The van der Waals surface area contributed by atoms with Crippen LogP contribution in [0.15, 0.2) is 53.7 Å². The van der Waals surface area contributed by atoms with E-state index < -0.39 is 32.1 Å². The van der Waals surface area contributed by atoms with Crippen LogP contribution in [0.2, 0.25) is 0 Å². The highest BCUT2D eigenvalue weighted by Crippen LogP contribution is 2.31. The second-order valence-electron chi connectivity index (χ2n) is 8.19. The van der Waals surface area contributed by atoms with Crippen molar-refractivity contribution in [3.63, 3.8) is 0 Å². The van der Waals surface area contributed by atoms with Crippen molar-refractivity contribution in [1.82, 2.24) is 19.9 Å². The van der Waals surface area contributed by atoms with Crippen LogP contribution in [0.5, 0.6) is 0 Å². The molecule has 3 aromatic heterocycles. The molecule has 0 radical (unpaired) electrons. The first-order valence-corrected chi connectivity index (χ1v) is 12.4. The van der Waals surface area contributed by atoms with Crippen LogP contribution >= 0.6 is 0 Å². The zero-order valence-corrected chi connectivity index (χ0v) is 20.4. The standard InChI is InChI=1S/C25H23F2N5O2S/c1-14-9-25(31-17(4)30-14)32-24-10-18(7-8-28-24)20-12-29-16(3)21(15(20)2)13-35(33,34)23-6-5-19(26)11-22(23)27/h5-12H,13H2,1-4H3,(H,28,30,31,32). The summed E-state index contributed by atoms with van der Waals surface area (Å²) in [5.41, 5.74) is 3.95. The number of nitrogens with zero attached hydrogens (tertiary/aromatic N) is 4. The summed E-state index contributed by atoms with van der Waals surface area (Å²) >= 11 is 0. The average molecular weight is 496 g/mol. The van der Waals surface area contributed by atoms with Gasteiger partial charge in [-0.3, -0.25) is 4.98 Å². The van der Waals surface area contributed by atoms with Crippen molar-refractivity contribution < 1.29 is 17.2 Å². The first-order valence-electron chi connectivity index (χ1n) is 10.7. The van der Waals surface area contributed by atoms with Crippen LogP contribution in [0, 0.1) is 39.3 Å². The molecular formula is C25H23F2N5O2S. The molecule has 1 N–H and O–H groups in total. The van der Waals surface area contributed by atoms with E-state index in [-0.39, 0.29) is 0 Å². The van der Waals surface area contributed by atoms with Crippen LogP contribution in [0.1, 0.15) is 28.3 Å². The Morgan fingerprint density at radius 3 is 2.40 bits per heavy atom. The van der Waals surface area contributed by atoms with Crippen LogP contribution in [0.4, 0.5) is 20.4 Å². The van der Waals surface area contributed by atoms with Crippen molar-refractivity contribution in [3.05, 3.63) is 88.8 Å². The lowest BCUT2D eigenvalue weighted by atomic mass is 9.99. The normalized spacial score (nSPS) is 11.5. The number of benzene rings is 1. The number of nitrogens with one attached hydrogen (secondary N) is 1. The van der Waals surface area contributed by atoms with Gasteiger partial charge < -0.3 is 5.32 Å². The molecule has 3 heterocycles. The summed E-state index contributed by atoms with van der Waals surface area (Å²) in [4.78, 5) is 16.8. The van der Waals surface area contributed by atoms with E-state index in [2.05, 4.69) is 25.3 Å².